The van der Waals surface area contributed by atoms with E-state index in [2.05, 4.69) is 43.2 Å². The molecule has 4 atom stereocenters. The highest BCUT2D eigenvalue weighted by Crippen LogP contribution is 2.33. The molecule has 3 nitrogen and oxygen atoms in total. The Morgan fingerprint density at radius 3 is 2.65 bits per heavy atom. The topological polar surface area (TPSA) is 18.5 Å². The van der Waals surface area contributed by atoms with Gasteiger partial charge in [0.25, 0.3) is 0 Å². The van der Waals surface area contributed by atoms with Gasteiger partial charge < -0.3 is 10.2 Å². The molecule has 0 radical (unpaired) electrons. The fraction of sp³-hybridized carbons (Fsp3) is 1.00. The zero-order valence-corrected chi connectivity index (χ0v) is 14.1. The molecule has 20 heavy (non-hydrogen) atoms. The van der Waals surface area contributed by atoms with E-state index in [4.69, 9.17) is 0 Å². The van der Waals surface area contributed by atoms with Gasteiger partial charge in [-0.2, -0.15) is 0 Å². The first-order valence-corrected chi connectivity index (χ1v) is 8.70. The van der Waals surface area contributed by atoms with Crippen molar-refractivity contribution in [3.8, 4) is 0 Å². The maximum absolute atomic E-state index is 3.59. The SMILES string of the molecule is CCC1CCC(NC)C(CN2CCCC2CN(C)C)C1. The van der Waals surface area contributed by atoms with Gasteiger partial charge in [0.1, 0.15) is 0 Å². The molecule has 0 aromatic carbocycles. The lowest BCUT2D eigenvalue weighted by Gasteiger charge is -2.39. The third kappa shape index (κ3) is 4.19. The van der Waals surface area contributed by atoms with Gasteiger partial charge in [0.2, 0.25) is 0 Å². The highest BCUT2D eigenvalue weighted by atomic mass is 15.2. The molecule has 118 valence electrons. The predicted molar refractivity (Wildman–Crippen MR) is 87.1 cm³/mol. The second kappa shape index (κ2) is 7.77. The second-order valence-electron chi connectivity index (χ2n) is 7.30. The lowest BCUT2D eigenvalue weighted by molar-refractivity contribution is 0.123. The lowest BCUT2D eigenvalue weighted by Crippen LogP contribution is -2.47. The summed E-state index contributed by atoms with van der Waals surface area (Å²) in [5.41, 5.74) is 0. The van der Waals surface area contributed by atoms with Crippen LogP contribution in [-0.4, -0.2) is 62.7 Å². The summed E-state index contributed by atoms with van der Waals surface area (Å²) < 4.78 is 0. The van der Waals surface area contributed by atoms with Gasteiger partial charge in [0, 0.05) is 25.2 Å². The first-order valence-electron chi connectivity index (χ1n) is 8.70. The van der Waals surface area contributed by atoms with Crippen LogP contribution in [-0.2, 0) is 0 Å². The highest BCUT2D eigenvalue weighted by molar-refractivity contribution is 4.89. The Bertz CT molecular complexity index is 279. The van der Waals surface area contributed by atoms with Gasteiger partial charge in [-0.05, 0) is 71.6 Å². The molecule has 1 aliphatic heterocycles. The molecule has 2 aliphatic rings. The van der Waals surface area contributed by atoms with E-state index in [1.807, 2.05) is 0 Å². The van der Waals surface area contributed by atoms with Crippen molar-refractivity contribution in [1.82, 2.24) is 15.1 Å². The molecular formula is C17H35N3. The molecule has 2 fully saturated rings. The van der Waals surface area contributed by atoms with Crippen LogP contribution in [0.3, 0.4) is 0 Å². The molecule has 0 amide bonds. The Balaban J connectivity index is 1.91. The van der Waals surface area contributed by atoms with Gasteiger partial charge in [0.15, 0.2) is 0 Å². The number of nitrogens with zero attached hydrogens (tertiary/aromatic N) is 2. The van der Waals surface area contributed by atoms with Crippen LogP contribution in [0.25, 0.3) is 0 Å². The Labute approximate surface area is 126 Å². The Morgan fingerprint density at radius 1 is 1.20 bits per heavy atom. The third-order valence-corrected chi connectivity index (χ3v) is 5.58. The van der Waals surface area contributed by atoms with Gasteiger partial charge >= 0.3 is 0 Å². The molecule has 0 spiro atoms. The molecule has 1 saturated carbocycles. The molecular weight excluding hydrogens is 246 g/mol. The van der Waals surface area contributed by atoms with Crippen molar-refractivity contribution in [3.05, 3.63) is 0 Å². The maximum Gasteiger partial charge on any atom is 0.0223 e. The first-order chi connectivity index (χ1) is 9.63. The second-order valence-corrected chi connectivity index (χ2v) is 7.30. The summed E-state index contributed by atoms with van der Waals surface area (Å²) >= 11 is 0. The molecule has 0 bridgehead atoms. The van der Waals surface area contributed by atoms with Crippen LogP contribution in [0, 0.1) is 11.8 Å². The van der Waals surface area contributed by atoms with Crippen LogP contribution in [0.2, 0.25) is 0 Å². The van der Waals surface area contributed by atoms with Crippen LogP contribution in [0.1, 0.15) is 45.4 Å². The van der Waals surface area contributed by atoms with Gasteiger partial charge in [-0.3, -0.25) is 4.90 Å². The summed E-state index contributed by atoms with van der Waals surface area (Å²) in [5.74, 6) is 1.83. The van der Waals surface area contributed by atoms with E-state index in [0.29, 0.717) is 0 Å². The van der Waals surface area contributed by atoms with Crippen molar-refractivity contribution in [1.29, 1.82) is 0 Å². The van der Waals surface area contributed by atoms with Gasteiger partial charge in [-0.15, -0.1) is 0 Å². The predicted octanol–water partition coefficient (Wildman–Crippen LogP) is 2.43. The van der Waals surface area contributed by atoms with E-state index in [-0.39, 0.29) is 0 Å². The molecule has 2 rings (SSSR count). The summed E-state index contributed by atoms with van der Waals surface area (Å²) in [6.45, 7) is 6.24. The number of likely N-dealkylation sites (tertiary alicyclic amines) is 1. The third-order valence-electron chi connectivity index (χ3n) is 5.58. The minimum atomic E-state index is 0.749. The average Bonchev–Trinajstić information content (AvgIpc) is 2.85. The Hall–Kier alpha value is -0.120. The van der Waals surface area contributed by atoms with E-state index in [1.54, 1.807) is 0 Å². The standard InChI is InChI=1S/C17H35N3/c1-5-14-8-9-17(18-2)15(11-14)12-20-10-6-7-16(20)13-19(3)4/h14-18H,5-13H2,1-4H3. The molecule has 1 aliphatic carbocycles. The minimum absolute atomic E-state index is 0.749. The summed E-state index contributed by atoms with van der Waals surface area (Å²) in [5, 5.41) is 3.59. The fourth-order valence-electron chi connectivity index (χ4n) is 4.38. The summed E-state index contributed by atoms with van der Waals surface area (Å²) in [6, 6.07) is 1.54. The Kier molecular flexibility index (Phi) is 6.31. The highest BCUT2D eigenvalue weighted by Gasteiger charge is 2.33. The molecule has 0 aromatic heterocycles. The van der Waals surface area contributed by atoms with E-state index in [1.165, 1.54) is 58.2 Å². The number of hydrogen-bond acceptors (Lipinski definition) is 3. The average molecular weight is 281 g/mol. The van der Waals surface area contributed by atoms with Gasteiger partial charge in [-0.25, -0.2) is 0 Å². The zero-order valence-electron chi connectivity index (χ0n) is 14.1. The lowest BCUT2D eigenvalue weighted by atomic mass is 9.76. The van der Waals surface area contributed by atoms with Crippen molar-refractivity contribution < 1.29 is 0 Å². The molecule has 0 aromatic rings. The van der Waals surface area contributed by atoms with Crippen LogP contribution in [0.15, 0.2) is 0 Å². The van der Waals surface area contributed by atoms with Crippen LogP contribution < -0.4 is 5.32 Å². The largest absolute Gasteiger partial charge is 0.317 e. The summed E-state index contributed by atoms with van der Waals surface area (Å²) in [4.78, 5) is 5.14. The molecule has 1 heterocycles. The van der Waals surface area contributed by atoms with Crippen LogP contribution in [0.4, 0.5) is 0 Å². The van der Waals surface area contributed by atoms with E-state index >= 15 is 0 Å². The quantitative estimate of drug-likeness (QED) is 0.807. The number of likely N-dealkylation sites (N-methyl/N-ethyl adjacent to an activating group) is 1. The molecule has 3 heteroatoms. The van der Waals surface area contributed by atoms with Crippen LogP contribution in [0.5, 0.6) is 0 Å². The molecule has 1 N–H and O–H groups in total. The van der Waals surface area contributed by atoms with Gasteiger partial charge in [0.05, 0.1) is 0 Å². The van der Waals surface area contributed by atoms with Crippen molar-refractivity contribution in [2.45, 2.75) is 57.5 Å². The van der Waals surface area contributed by atoms with E-state index in [0.717, 1.165) is 23.9 Å². The smallest absolute Gasteiger partial charge is 0.0223 e. The number of hydrogen-bond donors (Lipinski definition) is 1. The van der Waals surface area contributed by atoms with Crippen LogP contribution >= 0.6 is 0 Å². The number of nitrogens with one attached hydrogen (secondary N) is 1. The minimum Gasteiger partial charge on any atom is -0.317 e. The molecule has 4 unspecified atom stereocenters. The summed E-state index contributed by atoms with van der Waals surface area (Å²) in [7, 11) is 6.58. The van der Waals surface area contributed by atoms with Gasteiger partial charge in [-0.1, -0.05) is 13.3 Å². The zero-order chi connectivity index (χ0) is 14.5. The van der Waals surface area contributed by atoms with E-state index < -0.39 is 0 Å². The maximum atomic E-state index is 3.59. The van der Waals surface area contributed by atoms with E-state index in [9.17, 15) is 0 Å². The van der Waals surface area contributed by atoms with Crippen molar-refractivity contribution in [2.24, 2.45) is 11.8 Å². The molecule has 1 saturated heterocycles. The fourth-order valence-corrected chi connectivity index (χ4v) is 4.38. The van der Waals surface area contributed by atoms with Crippen molar-refractivity contribution in [3.63, 3.8) is 0 Å². The van der Waals surface area contributed by atoms with Crippen molar-refractivity contribution in [2.75, 3.05) is 40.8 Å². The first kappa shape index (κ1) is 16.3. The monoisotopic (exact) mass is 281 g/mol. The summed E-state index contributed by atoms with van der Waals surface area (Å²) in [6.07, 6.45) is 8.41. The normalized spacial score (nSPS) is 35.9. The Morgan fingerprint density at radius 2 is 2.00 bits per heavy atom. The van der Waals surface area contributed by atoms with Crippen molar-refractivity contribution >= 4 is 0 Å². The number of rotatable bonds is 6.